The fourth-order valence-electron chi connectivity index (χ4n) is 0. The molecule has 0 aromatic rings. The van der Waals surface area contributed by atoms with Crippen LogP contribution in [0.15, 0.2) is 12.2 Å². The number of rotatable bonds is 0. The van der Waals surface area contributed by atoms with Gasteiger partial charge in [-0.3, -0.25) is 9.11 Å². The highest BCUT2D eigenvalue weighted by Gasteiger charge is 1.98. The molecule has 0 aromatic carbocycles. The van der Waals surface area contributed by atoms with Crippen molar-refractivity contribution in [3.8, 4) is 0 Å². The van der Waals surface area contributed by atoms with E-state index in [1.54, 1.807) is 0 Å². The maximum Gasteiger partial charge on any atom is 0.394 e. The summed E-state index contributed by atoms with van der Waals surface area (Å²) in [4.78, 5) is 0. The van der Waals surface area contributed by atoms with Crippen molar-refractivity contribution < 1.29 is 35.1 Å². The van der Waals surface area contributed by atoms with E-state index in [2.05, 4.69) is 0 Å². The van der Waals surface area contributed by atoms with Crippen molar-refractivity contribution in [1.82, 2.24) is 0 Å². The quantitative estimate of drug-likeness (QED) is 0.455. The van der Waals surface area contributed by atoms with Crippen LogP contribution in [0.2, 0.25) is 0 Å². The van der Waals surface area contributed by atoms with Crippen LogP contribution in [0.3, 0.4) is 0 Å². The predicted octanol–water partition coefficient (Wildman–Crippen LogP) is 1.34. The molecule has 4 nitrogen and oxygen atoms in total. The van der Waals surface area contributed by atoms with Crippen molar-refractivity contribution in [2.24, 2.45) is 0 Å². The average molecular weight is 198 g/mol. The molecule has 2 N–H and O–H groups in total. The molecule has 0 aliphatic carbocycles. The van der Waals surface area contributed by atoms with E-state index in [4.69, 9.17) is 17.5 Å². The SMILES string of the molecule is FC(F)=C(F)F.O=S(=O)(O)O. The molecule has 0 aliphatic rings. The van der Waals surface area contributed by atoms with E-state index < -0.39 is 22.6 Å². The maximum atomic E-state index is 10.3. The molecule has 0 rings (SSSR count). The van der Waals surface area contributed by atoms with E-state index in [1.807, 2.05) is 0 Å². The Labute approximate surface area is 58.7 Å². The first-order chi connectivity index (χ1) is 4.64. The zero-order valence-corrected chi connectivity index (χ0v) is 5.45. The van der Waals surface area contributed by atoms with Gasteiger partial charge in [-0.25, -0.2) is 0 Å². The highest BCUT2D eigenvalue weighted by molar-refractivity contribution is 7.79. The molecule has 0 saturated heterocycles. The van der Waals surface area contributed by atoms with Gasteiger partial charge in [0.05, 0.1) is 0 Å². The van der Waals surface area contributed by atoms with Gasteiger partial charge >= 0.3 is 22.6 Å². The van der Waals surface area contributed by atoms with E-state index in [9.17, 15) is 17.6 Å². The summed E-state index contributed by atoms with van der Waals surface area (Å²) < 4.78 is 72.7. The topological polar surface area (TPSA) is 74.6 Å². The van der Waals surface area contributed by atoms with Crippen LogP contribution in [0, 0.1) is 0 Å². The molecule has 11 heavy (non-hydrogen) atoms. The lowest BCUT2D eigenvalue weighted by molar-refractivity contribution is 0.308. The lowest BCUT2D eigenvalue weighted by Crippen LogP contribution is -1.89. The van der Waals surface area contributed by atoms with Gasteiger partial charge in [0.2, 0.25) is 0 Å². The summed E-state index contributed by atoms with van der Waals surface area (Å²) in [6.45, 7) is 0. The van der Waals surface area contributed by atoms with Gasteiger partial charge in [0.15, 0.2) is 0 Å². The molecule has 0 fully saturated rings. The van der Waals surface area contributed by atoms with Crippen LogP contribution in [0.5, 0.6) is 0 Å². The summed E-state index contributed by atoms with van der Waals surface area (Å²) in [6, 6.07) is 0. The Bertz CT molecular complexity index is 204. The van der Waals surface area contributed by atoms with Crippen molar-refractivity contribution in [2.45, 2.75) is 0 Å². The maximum absolute atomic E-state index is 10.3. The molecule has 0 amide bonds. The highest BCUT2D eigenvalue weighted by Crippen LogP contribution is 2.08. The Morgan fingerprint density at radius 2 is 1.00 bits per heavy atom. The molecule has 0 saturated carbocycles. The largest absolute Gasteiger partial charge is 0.394 e. The van der Waals surface area contributed by atoms with Crippen molar-refractivity contribution >= 4 is 10.4 Å². The van der Waals surface area contributed by atoms with E-state index >= 15 is 0 Å². The smallest absolute Gasteiger partial charge is 0.264 e. The van der Waals surface area contributed by atoms with Crippen molar-refractivity contribution in [1.29, 1.82) is 0 Å². The lowest BCUT2D eigenvalue weighted by atomic mass is 11.1. The number of halogens is 4. The molecule has 0 radical (unpaired) electrons. The standard InChI is InChI=1S/C2F4.H2O4S/c3-1(4)2(5)6;1-5(2,3)4/h;(H2,1,2,3,4). The molecule has 9 heteroatoms. The molecule has 0 unspecified atom stereocenters. The van der Waals surface area contributed by atoms with E-state index in [1.165, 1.54) is 0 Å². The molecule has 0 aliphatic heterocycles. The fourth-order valence-corrected chi connectivity index (χ4v) is 0. The third-order valence-corrected chi connectivity index (χ3v) is 0.143. The van der Waals surface area contributed by atoms with Crippen molar-refractivity contribution in [3.05, 3.63) is 12.2 Å². The zero-order valence-electron chi connectivity index (χ0n) is 4.63. The summed E-state index contributed by atoms with van der Waals surface area (Å²) >= 11 is 0. The van der Waals surface area contributed by atoms with Gasteiger partial charge in [-0.15, -0.1) is 0 Å². The summed E-state index contributed by atoms with van der Waals surface area (Å²) in [7, 11) is -4.67. The van der Waals surface area contributed by atoms with Crippen LogP contribution in [0.25, 0.3) is 0 Å². The number of hydrogen-bond acceptors (Lipinski definition) is 2. The van der Waals surface area contributed by atoms with E-state index in [0.29, 0.717) is 0 Å². The Hall–Kier alpha value is -0.670. The van der Waals surface area contributed by atoms with Gasteiger partial charge < -0.3 is 0 Å². The van der Waals surface area contributed by atoms with Crippen molar-refractivity contribution in [3.63, 3.8) is 0 Å². The Morgan fingerprint density at radius 3 is 1.00 bits per heavy atom. The van der Waals surface area contributed by atoms with E-state index in [0.717, 1.165) is 0 Å². The van der Waals surface area contributed by atoms with Crippen LogP contribution >= 0.6 is 0 Å². The van der Waals surface area contributed by atoms with Gasteiger partial charge in [-0.05, 0) is 0 Å². The van der Waals surface area contributed by atoms with Crippen LogP contribution in [-0.2, 0) is 10.4 Å². The van der Waals surface area contributed by atoms with Gasteiger partial charge in [-0.2, -0.15) is 26.0 Å². The first-order valence-corrected chi connectivity index (χ1v) is 3.10. The fraction of sp³-hybridized carbons (Fsp3) is 0. The molecule has 0 heterocycles. The average Bonchev–Trinajstić information content (AvgIpc) is 1.59. The van der Waals surface area contributed by atoms with Crippen molar-refractivity contribution in [2.75, 3.05) is 0 Å². The van der Waals surface area contributed by atoms with Crippen LogP contribution < -0.4 is 0 Å². The first-order valence-electron chi connectivity index (χ1n) is 1.70. The summed E-state index contributed by atoms with van der Waals surface area (Å²) in [6.07, 6.45) is -5.81. The van der Waals surface area contributed by atoms with Gasteiger partial charge in [0.25, 0.3) is 0 Å². The van der Waals surface area contributed by atoms with Crippen LogP contribution in [-0.4, -0.2) is 17.5 Å². The minimum absolute atomic E-state index is 2.91. The third kappa shape index (κ3) is 45.2. The van der Waals surface area contributed by atoms with E-state index in [-0.39, 0.29) is 0 Å². The normalized spacial score (nSPS) is 9.64. The second-order valence-electron chi connectivity index (χ2n) is 0.969. The zero-order chi connectivity index (χ0) is 9.65. The second-order valence-corrected chi connectivity index (χ2v) is 1.86. The molecular formula is C2H2F4O4S. The van der Waals surface area contributed by atoms with Gasteiger partial charge in [-0.1, -0.05) is 0 Å². The minimum atomic E-state index is -4.67. The molecule has 68 valence electrons. The molecule has 0 atom stereocenters. The van der Waals surface area contributed by atoms with Crippen LogP contribution in [0.4, 0.5) is 17.6 Å². The van der Waals surface area contributed by atoms with Gasteiger partial charge in [0, 0.05) is 0 Å². The Kier molecular flexibility index (Phi) is 5.94. The monoisotopic (exact) mass is 198 g/mol. The Morgan fingerprint density at radius 1 is 0.909 bits per heavy atom. The number of hydrogen-bond donors (Lipinski definition) is 2. The molecule has 0 bridgehead atoms. The predicted molar refractivity (Wildman–Crippen MR) is 25.6 cm³/mol. The second kappa shape index (κ2) is 5.04. The summed E-state index contributed by atoms with van der Waals surface area (Å²) in [5, 5.41) is 0. The summed E-state index contributed by atoms with van der Waals surface area (Å²) in [5.41, 5.74) is 0. The Balaban J connectivity index is 0. The third-order valence-electron chi connectivity index (χ3n) is 0.143. The summed E-state index contributed by atoms with van der Waals surface area (Å²) in [5.74, 6) is 0. The molecular weight excluding hydrogens is 196 g/mol. The molecule has 0 aromatic heterocycles. The van der Waals surface area contributed by atoms with Gasteiger partial charge in [0.1, 0.15) is 0 Å². The highest BCUT2D eigenvalue weighted by atomic mass is 32.3. The molecule has 0 spiro atoms. The van der Waals surface area contributed by atoms with Crippen LogP contribution in [0.1, 0.15) is 0 Å². The lowest BCUT2D eigenvalue weighted by Gasteiger charge is -1.69. The first kappa shape index (κ1) is 13.0. The minimum Gasteiger partial charge on any atom is -0.264 e.